The minimum atomic E-state index is -0.201. The van der Waals surface area contributed by atoms with Crippen molar-refractivity contribution < 1.29 is 4.79 Å². The molecule has 0 spiro atoms. The van der Waals surface area contributed by atoms with Gasteiger partial charge in [0.2, 0.25) is 5.91 Å². The molecule has 1 amide bonds. The van der Waals surface area contributed by atoms with Crippen molar-refractivity contribution in [3.63, 3.8) is 0 Å². The highest BCUT2D eigenvalue weighted by Crippen LogP contribution is 2.10. The summed E-state index contributed by atoms with van der Waals surface area (Å²) in [5, 5.41) is 3.34. The summed E-state index contributed by atoms with van der Waals surface area (Å²) in [5.74, 6) is -0.235. The van der Waals surface area contributed by atoms with Crippen molar-refractivity contribution >= 4 is 29.1 Å². The maximum absolute atomic E-state index is 10.9. The number of hydrogen-bond acceptors (Lipinski definition) is 2. The Balaban J connectivity index is 2.36. The Kier molecular flexibility index (Phi) is 5.60. The Bertz CT molecular complexity index is 340. The fourth-order valence-corrected chi connectivity index (χ4v) is 1.51. The number of carbonyl (C=O) groups is 1. The molecule has 88 valence electrons. The van der Waals surface area contributed by atoms with Gasteiger partial charge >= 0.3 is 0 Å². The van der Waals surface area contributed by atoms with Crippen molar-refractivity contribution in [1.29, 1.82) is 0 Å². The predicted octanol–water partition coefficient (Wildman–Crippen LogP) is 1.56. The third-order valence-corrected chi connectivity index (χ3v) is 2.59. The van der Waals surface area contributed by atoms with Gasteiger partial charge in [-0.05, 0) is 24.1 Å². The van der Waals surface area contributed by atoms with Crippen molar-refractivity contribution in [3.05, 3.63) is 34.9 Å². The Morgan fingerprint density at radius 3 is 2.56 bits per heavy atom. The van der Waals surface area contributed by atoms with E-state index in [1.807, 2.05) is 24.3 Å². The van der Waals surface area contributed by atoms with Gasteiger partial charge in [-0.15, -0.1) is 11.6 Å². The second kappa shape index (κ2) is 6.74. The number of alkyl halides is 1. The first-order valence-electron chi connectivity index (χ1n) is 4.94. The number of nitrogens with two attached hydrogens (primary N) is 1. The van der Waals surface area contributed by atoms with E-state index in [4.69, 9.17) is 28.9 Å². The summed E-state index contributed by atoms with van der Waals surface area (Å²) in [7, 11) is 0. The number of benzene rings is 1. The van der Waals surface area contributed by atoms with Gasteiger partial charge in [-0.25, -0.2) is 0 Å². The predicted molar refractivity (Wildman–Crippen MR) is 66.9 cm³/mol. The first-order chi connectivity index (χ1) is 7.61. The molecular weight excluding hydrogens is 247 g/mol. The molecule has 3 nitrogen and oxygen atoms in total. The molecule has 0 aliphatic carbocycles. The molecule has 1 aromatic rings. The number of carbonyl (C=O) groups excluding carboxylic acids is 1. The van der Waals surface area contributed by atoms with Gasteiger partial charge in [-0.3, -0.25) is 4.79 Å². The number of rotatable bonds is 5. The molecule has 0 unspecified atom stereocenters. The van der Waals surface area contributed by atoms with Gasteiger partial charge in [0.25, 0.3) is 0 Å². The summed E-state index contributed by atoms with van der Waals surface area (Å²) in [6.45, 7) is 0.425. The van der Waals surface area contributed by atoms with Gasteiger partial charge in [0.1, 0.15) is 5.88 Å². The zero-order valence-electron chi connectivity index (χ0n) is 8.75. The standard InChI is InChI=1S/C11H14Cl2N2O/c12-6-11(16)15-7-10(14)5-8-1-3-9(13)4-2-8/h1-4,10H,5-7,14H2,(H,15,16)/t10-/m0/s1. The van der Waals surface area contributed by atoms with Crippen LogP contribution in [0.1, 0.15) is 5.56 Å². The largest absolute Gasteiger partial charge is 0.353 e. The van der Waals surface area contributed by atoms with Crippen LogP contribution in [0, 0.1) is 0 Å². The Labute approximate surface area is 105 Å². The van der Waals surface area contributed by atoms with Crippen molar-refractivity contribution in [2.75, 3.05) is 12.4 Å². The van der Waals surface area contributed by atoms with Gasteiger partial charge in [0.05, 0.1) is 0 Å². The average Bonchev–Trinajstić information content (AvgIpc) is 2.29. The van der Waals surface area contributed by atoms with Crippen LogP contribution in [0.5, 0.6) is 0 Å². The van der Waals surface area contributed by atoms with E-state index in [0.29, 0.717) is 18.0 Å². The molecule has 1 aromatic carbocycles. The first kappa shape index (κ1) is 13.3. The number of nitrogens with one attached hydrogen (secondary N) is 1. The maximum Gasteiger partial charge on any atom is 0.234 e. The molecule has 0 aromatic heterocycles. The first-order valence-corrected chi connectivity index (χ1v) is 5.85. The van der Waals surface area contributed by atoms with Crippen LogP contribution in [0.3, 0.4) is 0 Å². The molecule has 0 aliphatic heterocycles. The minimum absolute atomic E-state index is 0.0341. The molecule has 16 heavy (non-hydrogen) atoms. The maximum atomic E-state index is 10.9. The van der Waals surface area contributed by atoms with Crippen LogP contribution in [0.4, 0.5) is 0 Å². The lowest BCUT2D eigenvalue weighted by atomic mass is 10.1. The molecular formula is C11H14Cl2N2O. The zero-order valence-corrected chi connectivity index (χ0v) is 10.3. The van der Waals surface area contributed by atoms with Gasteiger partial charge < -0.3 is 11.1 Å². The van der Waals surface area contributed by atoms with E-state index >= 15 is 0 Å². The molecule has 5 heteroatoms. The summed E-state index contributed by atoms with van der Waals surface area (Å²) in [5.41, 5.74) is 6.95. The van der Waals surface area contributed by atoms with Crippen LogP contribution in [0.2, 0.25) is 5.02 Å². The van der Waals surface area contributed by atoms with Crippen LogP contribution in [0.15, 0.2) is 24.3 Å². The molecule has 0 aliphatic rings. The molecule has 0 radical (unpaired) electrons. The Morgan fingerprint density at radius 2 is 2.00 bits per heavy atom. The summed E-state index contributed by atoms with van der Waals surface area (Å²) in [6.07, 6.45) is 0.694. The molecule has 0 heterocycles. The monoisotopic (exact) mass is 260 g/mol. The molecule has 3 N–H and O–H groups in total. The second-order valence-corrected chi connectivity index (χ2v) is 4.23. The Hall–Kier alpha value is -0.770. The third-order valence-electron chi connectivity index (χ3n) is 2.09. The molecule has 1 atom stereocenters. The molecule has 0 fully saturated rings. The molecule has 1 rings (SSSR count). The van der Waals surface area contributed by atoms with Gasteiger partial charge in [-0.2, -0.15) is 0 Å². The molecule has 0 bridgehead atoms. The number of hydrogen-bond donors (Lipinski definition) is 2. The molecule has 0 saturated heterocycles. The van der Waals surface area contributed by atoms with E-state index in [2.05, 4.69) is 5.32 Å². The summed E-state index contributed by atoms with van der Waals surface area (Å²) >= 11 is 11.1. The quantitative estimate of drug-likeness (QED) is 0.790. The van der Waals surface area contributed by atoms with Gasteiger partial charge in [0.15, 0.2) is 0 Å². The van der Waals surface area contributed by atoms with Crippen LogP contribution >= 0.6 is 23.2 Å². The topological polar surface area (TPSA) is 55.1 Å². The highest BCUT2D eigenvalue weighted by atomic mass is 35.5. The number of amides is 1. The van der Waals surface area contributed by atoms with Crippen LogP contribution in [-0.2, 0) is 11.2 Å². The van der Waals surface area contributed by atoms with E-state index in [1.165, 1.54) is 0 Å². The van der Waals surface area contributed by atoms with Crippen molar-refractivity contribution in [1.82, 2.24) is 5.32 Å². The van der Waals surface area contributed by atoms with Crippen LogP contribution in [0.25, 0.3) is 0 Å². The average molecular weight is 261 g/mol. The second-order valence-electron chi connectivity index (χ2n) is 3.53. The third kappa shape index (κ3) is 4.84. The normalized spacial score (nSPS) is 12.2. The van der Waals surface area contributed by atoms with E-state index in [-0.39, 0.29) is 17.8 Å². The lowest BCUT2D eigenvalue weighted by molar-refractivity contribution is -0.118. The number of halogens is 2. The fraction of sp³-hybridized carbons (Fsp3) is 0.364. The molecule has 0 saturated carbocycles. The highest BCUT2D eigenvalue weighted by Gasteiger charge is 2.06. The minimum Gasteiger partial charge on any atom is -0.353 e. The summed E-state index contributed by atoms with van der Waals surface area (Å²) in [4.78, 5) is 10.9. The van der Waals surface area contributed by atoms with Crippen molar-refractivity contribution in [2.24, 2.45) is 5.73 Å². The smallest absolute Gasteiger partial charge is 0.234 e. The van der Waals surface area contributed by atoms with Crippen LogP contribution < -0.4 is 11.1 Å². The van der Waals surface area contributed by atoms with E-state index < -0.39 is 0 Å². The fourth-order valence-electron chi connectivity index (χ4n) is 1.29. The van der Waals surface area contributed by atoms with E-state index in [0.717, 1.165) is 5.56 Å². The zero-order chi connectivity index (χ0) is 12.0. The lowest BCUT2D eigenvalue weighted by Gasteiger charge is -2.12. The van der Waals surface area contributed by atoms with Crippen LogP contribution in [-0.4, -0.2) is 24.4 Å². The van der Waals surface area contributed by atoms with Crippen molar-refractivity contribution in [2.45, 2.75) is 12.5 Å². The SMILES string of the molecule is N[C@H](CNC(=O)CCl)Cc1ccc(Cl)cc1. The highest BCUT2D eigenvalue weighted by molar-refractivity contribution is 6.30. The van der Waals surface area contributed by atoms with Gasteiger partial charge in [-0.1, -0.05) is 23.7 Å². The Morgan fingerprint density at radius 1 is 1.38 bits per heavy atom. The lowest BCUT2D eigenvalue weighted by Crippen LogP contribution is -2.39. The van der Waals surface area contributed by atoms with Gasteiger partial charge in [0, 0.05) is 17.6 Å². The van der Waals surface area contributed by atoms with E-state index in [9.17, 15) is 4.79 Å². The van der Waals surface area contributed by atoms with E-state index in [1.54, 1.807) is 0 Å². The van der Waals surface area contributed by atoms with Crippen molar-refractivity contribution in [3.8, 4) is 0 Å². The summed E-state index contributed by atoms with van der Waals surface area (Å²) in [6, 6.07) is 7.37. The summed E-state index contributed by atoms with van der Waals surface area (Å²) < 4.78 is 0.